The number of nitrogens with one attached hydrogen (secondary N) is 1. The topological polar surface area (TPSA) is 12.0 Å². The minimum atomic E-state index is -4.30. The van der Waals surface area contributed by atoms with Crippen molar-refractivity contribution < 1.29 is 13.2 Å². The number of hydrogen-bond donors (Lipinski definition) is 1. The van der Waals surface area contributed by atoms with Crippen LogP contribution in [0.5, 0.6) is 0 Å². The summed E-state index contributed by atoms with van der Waals surface area (Å²) in [6.07, 6.45) is 2.97. The van der Waals surface area contributed by atoms with Gasteiger partial charge in [0.2, 0.25) is 0 Å². The van der Waals surface area contributed by atoms with E-state index in [1.54, 1.807) is 17.8 Å². The standard InChI is InChI=1S/C20H18F3NS/c1-2-11-24-18-10-9-17-16(18)7-4-8-19(17)25-13-14-5-3-6-15(12-14)20(21,22)23/h1,3-8,12,18,24H,9-11,13H2. The van der Waals surface area contributed by atoms with Crippen LogP contribution in [-0.4, -0.2) is 6.54 Å². The number of rotatable bonds is 5. The maximum absolute atomic E-state index is 12.8. The number of halogens is 3. The quantitative estimate of drug-likeness (QED) is 0.580. The first-order valence-corrected chi connectivity index (χ1v) is 9.05. The fraction of sp³-hybridized carbons (Fsp3) is 0.300. The van der Waals surface area contributed by atoms with E-state index in [4.69, 9.17) is 6.42 Å². The molecular weight excluding hydrogens is 343 g/mol. The second-order valence-electron chi connectivity index (χ2n) is 5.99. The number of alkyl halides is 3. The van der Waals surface area contributed by atoms with Crippen LogP contribution >= 0.6 is 11.8 Å². The summed E-state index contributed by atoms with van der Waals surface area (Å²) in [6.45, 7) is 0.533. The molecule has 1 nitrogen and oxygen atoms in total. The van der Waals surface area contributed by atoms with Gasteiger partial charge in [0.25, 0.3) is 0 Å². The van der Waals surface area contributed by atoms with E-state index in [1.807, 2.05) is 12.1 Å². The van der Waals surface area contributed by atoms with Crippen LogP contribution in [0.3, 0.4) is 0 Å². The van der Waals surface area contributed by atoms with Crippen molar-refractivity contribution in [1.29, 1.82) is 0 Å². The van der Waals surface area contributed by atoms with Gasteiger partial charge in [0.05, 0.1) is 12.1 Å². The SMILES string of the molecule is C#CCNC1CCc2c(SCc3cccc(C(F)(F)F)c3)cccc21. The van der Waals surface area contributed by atoms with Crippen molar-refractivity contribution in [3.05, 3.63) is 64.7 Å². The summed E-state index contributed by atoms with van der Waals surface area (Å²) < 4.78 is 38.5. The molecule has 0 amide bonds. The maximum atomic E-state index is 12.8. The lowest BCUT2D eigenvalue weighted by molar-refractivity contribution is -0.137. The molecule has 3 rings (SSSR count). The van der Waals surface area contributed by atoms with Crippen molar-refractivity contribution >= 4 is 11.8 Å². The molecule has 0 spiro atoms. The smallest absolute Gasteiger partial charge is 0.299 e. The lowest BCUT2D eigenvalue weighted by Crippen LogP contribution is -2.19. The Labute approximate surface area is 150 Å². The van der Waals surface area contributed by atoms with Crippen LogP contribution < -0.4 is 5.32 Å². The predicted molar refractivity (Wildman–Crippen MR) is 95.3 cm³/mol. The molecule has 2 aromatic carbocycles. The van der Waals surface area contributed by atoms with Crippen LogP contribution in [0, 0.1) is 12.3 Å². The Balaban J connectivity index is 1.73. The first-order valence-electron chi connectivity index (χ1n) is 8.06. The van der Waals surface area contributed by atoms with E-state index in [0.29, 0.717) is 17.9 Å². The molecule has 1 atom stereocenters. The van der Waals surface area contributed by atoms with Crippen molar-refractivity contribution in [1.82, 2.24) is 5.32 Å². The first kappa shape index (κ1) is 17.9. The van der Waals surface area contributed by atoms with Crippen LogP contribution in [0.1, 0.15) is 34.7 Å². The van der Waals surface area contributed by atoms with E-state index < -0.39 is 11.7 Å². The molecule has 130 valence electrons. The van der Waals surface area contributed by atoms with Crippen molar-refractivity contribution in [2.75, 3.05) is 6.54 Å². The number of fused-ring (bicyclic) bond motifs is 1. The van der Waals surface area contributed by atoms with Crippen molar-refractivity contribution in [3.8, 4) is 12.3 Å². The highest BCUT2D eigenvalue weighted by Crippen LogP contribution is 2.38. The molecule has 2 aromatic rings. The maximum Gasteiger partial charge on any atom is 0.416 e. The van der Waals surface area contributed by atoms with Crippen LogP contribution in [0.4, 0.5) is 13.2 Å². The highest BCUT2D eigenvalue weighted by Gasteiger charge is 2.30. The largest absolute Gasteiger partial charge is 0.416 e. The number of thioether (sulfide) groups is 1. The van der Waals surface area contributed by atoms with Gasteiger partial charge in [-0.3, -0.25) is 5.32 Å². The second-order valence-corrected chi connectivity index (χ2v) is 7.00. The summed E-state index contributed by atoms with van der Waals surface area (Å²) in [7, 11) is 0. The highest BCUT2D eigenvalue weighted by atomic mass is 32.2. The van der Waals surface area contributed by atoms with Gasteiger partial charge in [0.15, 0.2) is 0 Å². The van der Waals surface area contributed by atoms with E-state index in [0.717, 1.165) is 23.8 Å². The van der Waals surface area contributed by atoms with Gasteiger partial charge in [-0.25, -0.2) is 0 Å². The fourth-order valence-electron chi connectivity index (χ4n) is 3.15. The Kier molecular flexibility index (Phi) is 5.41. The third-order valence-corrected chi connectivity index (χ3v) is 5.50. The average Bonchev–Trinajstić information content (AvgIpc) is 3.01. The highest BCUT2D eigenvalue weighted by molar-refractivity contribution is 7.98. The van der Waals surface area contributed by atoms with Gasteiger partial charge in [0, 0.05) is 16.7 Å². The molecule has 0 aliphatic heterocycles. The predicted octanol–water partition coefficient (Wildman–Crippen LogP) is 5.21. The molecule has 0 saturated carbocycles. The third-order valence-electron chi connectivity index (χ3n) is 4.33. The molecule has 25 heavy (non-hydrogen) atoms. The Hall–Kier alpha value is -1.90. The zero-order chi connectivity index (χ0) is 17.9. The molecule has 1 N–H and O–H groups in total. The summed E-state index contributed by atoms with van der Waals surface area (Å²) in [5.74, 6) is 3.11. The fourth-order valence-corrected chi connectivity index (χ4v) is 4.22. The van der Waals surface area contributed by atoms with E-state index in [-0.39, 0.29) is 6.04 Å². The lowest BCUT2D eigenvalue weighted by atomic mass is 10.1. The summed E-state index contributed by atoms with van der Waals surface area (Å²) in [5, 5.41) is 3.34. The van der Waals surface area contributed by atoms with Gasteiger partial charge in [-0.15, -0.1) is 18.2 Å². The molecule has 0 aromatic heterocycles. The zero-order valence-electron chi connectivity index (χ0n) is 13.6. The molecule has 0 saturated heterocycles. The summed E-state index contributed by atoms with van der Waals surface area (Å²) in [6, 6.07) is 12.0. The molecule has 1 aliphatic rings. The van der Waals surface area contributed by atoms with Crippen molar-refractivity contribution in [2.24, 2.45) is 0 Å². The first-order chi connectivity index (χ1) is 12.0. The van der Waals surface area contributed by atoms with Crippen molar-refractivity contribution in [2.45, 2.75) is 35.7 Å². The van der Waals surface area contributed by atoms with Crippen LogP contribution in [0.15, 0.2) is 47.4 Å². The molecular formula is C20H18F3NS. The van der Waals surface area contributed by atoms with Gasteiger partial charge in [-0.1, -0.05) is 36.3 Å². The van der Waals surface area contributed by atoms with E-state index >= 15 is 0 Å². The molecule has 0 heterocycles. The van der Waals surface area contributed by atoms with Gasteiger partial charge < -0.3 is 0 Å². The number of benzene rings is 2. The minimum Gasteiger partial charge on any atom is -0.299 e. The van der Waals surface area contributed by atoms with Gasteiger partial charge in [-0.05, 0) is 41.7 Å². The molecule has 1 unspecified atom stereocenters. The third kappa shape index (κ3) is 4.20. The van der Waals surface area contributed by atoms with Gasteiger partial charge in [0.1, 0.15) is 0 Å². The summed E-state index contributed by atoms with van der Waals surface area (Å²) in [4.78, 5) is 1.14. The van der Waals surface area contributed by atoms with Gasteiger partial charge in [-0.2, -0.15) is 13.2 Å². The molecule has 1 aliphatic carbocycles. The van der Waals surface area contributed by atoms with E-state index in [2.05, 4.69) is 17.3 Å². The van der Waals surface area contributed by atoms with E-state index in [1.165, 1.54) is 23.3 Å². The Morgan fingerprint density at radius 2 is 2.00 bits per heavy atom. The Morgan fingerprint density at radius 1 is 1.20 bits per heavy atom. The van der Waals surface area contributed by atoms with Crippen LogP contribution in [0.25, 0.3) is 0 Å². The minimum absolute atomic E-state index is 0.264. The molecule has 0 bridgehead atoms. The Bertz CT molecular complexity index is 792. The van der Waals surface area contributed by atoms with Gasteiger partial charge >= 0.3 is 6.18 Å². The van der Waals surface area contributed by atoms with E-state index in [9.17, 15) is 13.2 Å². The summed E-state index contributed by atoms with van der Waals surface area (Å²) >= 11 is 1.59. The number of hydrogen-bond acceptors (Lipinski definition) is 2. The second kappa shape index (κ2) is 7.55. The molecule has 5 heteroatoms. The number of terminal acetylenes is 1. The summed E-state index contributed by atoms with van der Waals surface area (Å²) in [5.41, 5.74) is 2.62. The average molecular weight is 361 g/mol. The zero-order valence-corrected chi connectivity index (χ0v) is 14.4. The van der Waals surface area contributed by atoms with Crippen molar-refractivity contribution in [3.63, 3.8) is 0 Å². The normalized spacial score (nSPS) is 16.5. The van der Waals surface area contributed by atoms with Crippen LogP contribution in [-0.2, 0) is 18.3 Å². The Morgan fingerprint density at radius 3 is 2.76 bits per heavy atom. The molecule has 0 fully saturated rings. The van der Waals surface area contributed by atoms with Crippen LogP contribution in [0.2, 0.25) is 0 Å². The molecule has 0 radical (unpaired) electrons. The lowest BCUT2D eigenvalue weighted by Gasteiger charge is -2.13. The monoisotopic (exact) mass is 361 g/mol.